The van der Waals surface area contributed by atoms with E-state index in [1.807, 2.05) is 26.8 Å². The second kappa shape index (κ2) is 11.3. The number of rotatable bonds is 8. The third-order valence-corrected chi connectivity index (χ3v) is 11.7. The van der Waals surface area contributed by atoms with Crippen molar-refractivity contribution >= 4 is 25.8 Å². The van der Waals surface area contributed by atoms with E-state index in [-0.39, 0.29) is 14.8 Å². The minimum atomic E-state index is -1.26. The van der Waals surface area contributed by atoms with Crippen molar-refractivity contribution in [1.82, 2.24) is 0 Å². The van der Waals surface area contributed by atoms with Gasteiger partial charge in [-0.2, -0.15) is 0 Å². The molecule has 0 aromatic carbocycles. The summed E-state index contributed by atoms with van der Waals surface area (Å²) in [6.07, 6.45) is 16.5. The molecule has 0 N–H and O–H groups in total. The van der Waals surface area contributed by atoms with Crippen molar-refractivity contribution in [2.45, 2.75) is 71.2 Å². The van der Waals surface area contributed by atoms with E-state index >= 15 is 0 Å². The fourth-order valence-electron chi connectivity index (χ4n) is 3.28. The molecule has 29 heavy (non-hydrogen) atoms. The average molecular weight is 513 g/mol. The van der Waals surface area contributed by atoms with Crippen molar-refractivity contribution < 1.29 is 9.53 Å². The molecule has 0 heterocycles. The fraction of sp³-hybridized carbons (Fsp3) is 0.577. The summed E-state index contributed by atoms with van der Waals surface area (Å²) < 4.78 is 5.16. The van der Waals surface area contributed by atoms with Crippen LogP contribution in [0.25, 0.3) is 0 Å². The molecule has 0 saturated carbocycles. The molecule has 1 rings (SSSR count). The number of allylic oxidation sites excluding steroid dienone is 9. The molecule has 0 spiro atoms. The number of carbonyl (C=O) groups is 1. The van der Waals surface area contributed by atoms with E-state index in [9.17, 15) is 4.79 Å². The van der Waals surface area contributed by atoms with Crippen molar-refractivity contribution in [3.8, 4) is 0 Å². The summed E-state index contributed by atoms with van der Waals surface area (Å²) in [5.74, 6) is -0.0724. The number of ether oxygens (including phenoxy) is 1. The molecule has 0 unspecified atom stereocenters. The number of hydrogen-bond acceptors (Lipinski definition) is 2. The van der Waals surface area contributed by atoms with Gasteiger partial charge in [0, 0.05) is 0 Å². The van der Waals surface area contributed by atoms with Crippen LogP contribution < -0.4 is 0 Å². The molecule has 2 nitrogen and oxygen atoms in total. The van der Waals surface area contributed by atoms with E-state index in [0.29, 0.717) is 6.61 Å². The zero-order valence-corrected chi connectivity index (χ0v) is 22.1. The van der Waals surface area contributed by atoms with E-state index < -0.39 is 19.8 Å². The van der Waals surface area contributed by atoms with Gasteiger partial charge in [-0.25, -0.2) is 0 Å². The zero-order chi connectivity index (χ0) is 22.2. The van der Waals surface area contributed by atoms with Gasteiger partial charge >= 0.3 is 131 Å². The Morgan fingerprint density at radius 1 is 1.17 bits per heavy atom. The molecular weight excluding hydrogens is 471 g/mol. The maximum atomic E-state index is 12.2. The normalized spacial score (nSPS) is 19.3. The molecule has 0 aliphatic heterocycles. The van der Waals surface area contributed by atoms with Gasteiger partial charge in [-0.1, -0.05) is 19.4 Å². The maximum Gasteiger partial charge on any atom is -0.0104 e. The third kappa shape index (κ3) is 8.27. The van der Waals surface area contributed by atoms with Crippen molar-refractivity contribution in [3.63, 3.8) is 0 Å². The molecule has 0 bridgehead atoms. The van der Waals surface area contributed by atoms with Gasteiger partial charge in [-0.3, -0.25) is 0 Å². The summed E-state index contributed by atoms with van der Waals surface area (Å²) in [7, 11) is 0. The van der Waals surface area contributed by atoms with Crippen LogP contribution >= 0.6 is 19.8 Å². The molecule has 0 saturated heterocycles. The van der Waals surface area contributed by atoms with Crippen LogP contribution in [0, 0.1) is 5.41 Å². The van der Waals surface area contributed by atoms with Gasteiger partial charge in [0.2, 0.25) is 0 Å². The molecule has 1 aliphatic carbocycles. The molecule has 3 heteroatoms. The van der Waals surface area contributed by atoms with Crippen molar-refractivity contribution in [1.29, 1.82) is 0 Å². The predicted octanol–water partition coefficient (Wildman–Crippen LogP) is 7.61. The second-order valence-electron chi connectivity index (χ2n) is 9.31. The molecule has 164 valence electrons. The Morgan fingerprint density at radius 3 is 2.41 bits per heavy atom. The van der Waals surface area contributed by atoms with Crippen LogP contribution in [0.1, 0.15) is 67.7 Å². The van der Waals surface area contributed by atoms with E-state index in [0.717, 1.165) is 5.57 Å². The molecule has 0 radical (unpaired) electrons. The van der Waals surface area contributed by atoms with Crippen molar-refractivity contribution in [3.05, 3.63) is 58.7 Å². The van der Waals surface area contributed by atoms with Crippen LogP contribution in [0.15, 0.2) is 58.7 Å². The number of carbonyl (C=O) groups excluding carboxylic acids is 1. The predicted molar refractivity (Wildman–Crippen MR) is 137 cm³/mol. The SMILES string of the molecule is CC1=C(/C=C/C(C)=C/C=C/C(C)=C/COC(=O)C(C)(C)I(C)C)C(C)(C)CCC1. The number of hydrogen-bond donors (Lipinski definition) is 0. The largest absolute Gasteiger partial charge is 0.0558 e. The Bertz CT molecular complexity index is 728. The molecule has 0 fully saturated rings. The summed E-state index contributed by atoms with van der Waals surface area (Å²) in [6, 6.07) is 0. The minimum absolute atomic E-state index is 0.0724. The fourth-order valence-corrected chi connectivity index (χ4v) is 4.31. The summed E-state index contributed by atoms with van der Waals surface area (Å²) in [5, 5.41) is 0. The molecule has 0 amide bonds. The first-order chi connectivity index (χ1) is 13.4. The van der Waals surface area contributed by atoms with Crippen molar-refractivity contribution in [2.24, 2.45) is 5.41 Å². The molecule has 0 aromatic rings. The Labute approximate surface area is 186 Å². The van der Waals surface area contributed by atoms with Gasteiger partial charge in [0.15, 0.2) is 0 Å². The second-order valence-corrected chi connectivity index (χ2v) is 16.3. The van der Waals surface area contributed by atoms with Crippen LogP contribution in [0.4, 0.5) is 0 Å². The quantitative estimate of drug-likeness (QED) is 0.145. The van der Waals surface area contributed by atoms with Gasteiger partial charge in [0.25, 0.3) is 0 Å². The van der Waals surface area contributed by atoms with Crippen LogP contribution in [-0.2, 0) is 9.53 Å². The molecule has 0 atom stereocenters. The first-order valence-corrected chi connectivity index (χ1v) is 15.8. The smallest absolute Gasteiger partial charge is 0.0104 e. The van der Waals surface area contributed by atoms with Gasteiger partial charge in [-0.05, 0) is 37.2 Å². The van der Waals surface area contributed by atoms with Gasteiger partial charge < -0.3 is 0 Å². The first kappa shape index (κ1) is 25.9. The Hall–Kier alpha value is -1.10. The van der Waals surface area contributed by atoms with Crippen LogP contribution in [0.5, 0.6) is 0 Å². The number of alkyl halides is 3. The maximum absolute atomic E-state index is 12.2. The standard InChI is InChI=1S/C26H41IO2/c1-20(15-16-23-22(3)14-11-18-25(23,4)5)12-10-13-21(2)17-19-29-24(28)26(6,7)27(8)9/h10,12-13,15-17H,11,14,18-19H2,1-9H3/b13-10+,16-15+,20-12+,21-17+. The van der Waals surface area contributed by atoms with Crippen molar-refractivity contribution in [2.75, 3.05) is 16.5 Å². The summed E-state index contributed by atoms with van der Waals surface area (Å²) in [6.45, 7) is 15.5. The number of halogens is 1. The van der Waals surface area contributed by atoms with Crippen LogP contribution in [0.2, 0.25) is 0 Å². The van der Waals surface area contributed by atoms with Crippen LogP contribution in [0.3, 0.4) is 0 Å². The minimum Gasteiger partial charge on any atom is -0.0558 e. The molecule has 0 aromatic heterocycles. The van der Waals surface area contributed by atoms with Gasteiger partial charge in [0.1, 0.15) is 0 Å². The van der Waals surface area contributed by atoms with E-state index in [2.05, 4.69) is 67.9 Å². The topological polar surface area (TPSA) is 26.3 Å². The van der Waals surface area contributed by atoms with E-state index in [1.165, 1.54) is 36.0 Å². The Morgan fingerprint density at radius 2 is 1.83 bits per heavy atom. The Kier molecular flexibility index (Phi) is 10.1. The molecule has 1 aliphatic rings. The Balaban J connectivity index is 2.63. The summed E-state index contributed by atoms with van der Waals surface area (Å²) in [5.41, 5.74) is 5.62. The number of esters is 1. The van der Waals surface area contributed by atoms with E-state index in [4.69, 9.17) is 4.74 Å². The van der Waals surface area contributed by atoms with Gasteiger partial charge in [0.05, 0.1) is 0 Å². The third-order valence-electron chi connectivity index (χ3n) is 5.82. The zero-order valence-electron chi connectivity index (χ0n) is 20.0. The summed E-state index contributed by atoms with van der Waals surface area (Å²) in [4.78, 5) is 16.6. The summed E-state index contributed by atoms with van der Waals surface area (Å²) >= 11 is -1.26. The first-order valence-electron chi connectivity index (χ1n) is 10.5. The average Bonchev–Trinajstić information content (AvgIpc) is 2.60. The van der Waals surface area contributed by atoms with Gasteiger partial charge in [-0.15, -0.1) is 0 Å². The van der Waals surface area contributed by atoms with E-state index in [1.54, 1.807) is 0 Å². The monoisotopic (exact) mass is 512 g/mol. The van der Waals surface area contributed by atoms with Crippen LogP contribution in [-0.4, -0.2) is 25.9 Å². The molecular formula is C26H41IO2.